The molecule has 3 nitrogen and oxygen atoms in total. The molecule has 1 aromatic heterocycles. The number of anilines is 1. The molecular weight excluding hydrogens is 318 g/mol. The van der Waals surface area contributed by atoms with Crippen molar-refractivity contribution < 1.29 is 0 Å². The fraction of sp³-hybridized carbons (Fsp3) is 0. The number of hydrogen-bond donors (Lipinski definition) is 2. The number of aromatic nitrogens is 2. The standard InChI is InChI=1S/C23H19N3/c1-16(18-8-5-9-20(24)14-18)19-11-12-21-22(25-26-23(21)15-19)13-10-17-6-3-2-4-7-17/h2-15H,1,24H2,(H,25,26)/b13-10+. The summed E-state index contributed by atoms with van der Waals surface area (Å²) in [6, 6.07) is 24.2. The molecule has 4 aromatic rings. The summed E-state index contributed by atoms with van der Waals surface area (Å²) in [6.45, 7) is 4.22. The fourth-order valence-corrected chi connectivity index (χ4v) is 2.99. The van der Waals surface area contributed by atoms with Gasteiger partial charge in [0.2, 0.25) is 0 Å². The van der Waals surface area contributed by atoms with E-state index >= 15 is 0 Å². The Kier molecular flexibility index (Phi) is 4.12. The van der Waals surface area contributed by atoms with E-state index in [4.69, 9.17) is 5.73 Å². The third kappa shape index (κ3) is 3.15. The number of H-pyrrole nitrogens is 1. The van der Waals surface area contributed by atoms with Crippen LogP contribution >= 0.6 is 0 Å². The first kappa shape index (κ1) is 15.9. The minimum absolute atomic E-state index is 0.736. The number of benzene rings is 3. The lowest BCUT2D eigenvalue weighted by Crippen LogP contribution is -1.89. The molecule has 0 aliphatic heterocycles. The molecule has 26 heavy (non-hydrogen) atoms. The molecule has 0 radical (unpaired) electrons. The maximum atomic E-state index is 5.88. The van der Waals surface area contributed by atoms with Crippen LogP contribution in [-0.2, 0) is 0 Å². The van der Waals surface area contributed by atoms with Crippen LogP contribution in [0.15, 0.2) is 79.4 Å². The first-order valence-corrected chi connectivity index (χ1v) is 8.47. The number of fused-ring (bicyclic) bond motifs is 1. The molecule has 3 heteroatoms. The number of rotatable bonds is 4. The summed E-state index contributed by atoms with van der Waals surface area (Å²) >= 11 is 0. The number of aromatic amines is 1. The molecule has 0 atom stereocenters. The summed E-state index contributed by atoms with van der Waals surface area (Å²) < 4.78 is 0. The van der Waals surface area contributed by atoms with Gasteiger partial charge in [-0.1, -0.05) is 61.2 Å². The quantitative estimate of drug-likeness (QED) is 0.491. The molecule has 0 saturated carbocycles. The lowest BCUT2D eigenvalue weighted by atomic mass is 9.98. The van der Waals surface area contributed by atoms with Crippen molar-refractivity contribution in [1.29, 1.82) is 0 Å². The van der Waals surface area contributed by atoms with Gasteiger partial charge in [0.25, 0.3) is 0 Å². The third-order valence-electron chi connectivity index (χ3n) is 4.41. The van der Waals surface area contributed by atoms with E-state index in [1.54, 1.807) is 0 Å². The van der Waals surface area contributed by atoms with Crippen molar-refractivity contribution in [2.75, 3.05) is 5.73 Å². The van der Waals surface area contributed by atoms with Crippen LogP contribution in [-0.4, -0.2) is 10.2 Å². The van der Waals surface area contributed by atoms with Crippen LogP contribution in [0.2, 0.25) is 0 Å². The molecule has 0 aliphatic carbocycles. The van der Waals surface area contributed by atoms with Crippen molar-refractivity contribution in [1.82, 2.24) is 10.2 Å². The molecule has 0 spiro atoms. The van der Waals surface area contributed by atoms with Gasteiger partial charge in [0.1, 0.15) is 0 Å². The Labute approximate surface area is 152 Å². The second kappa shape index (κ2) is 6.73. The Morgan fingerprint density at radius 2 is 1.69 bits per heavy atom. The summed E-state index contributed by atoms with van der Waals surface area (Å²) in [5.41, 5.74) is 12.7. The van der Waals surface area contributed by atoms with Gasteiger partial charge in [-0.05, 0) is 52.6 Å². The molecule has 4 rings (SSSR count). The molecule has 0 fully saturated rings. The van der Waals surface area contributed by atoms with E-state index in [9.17, 15) is 0 Å². The molecule has 0 unspecified atom stereocenters. The van der Waals surface area contributed by atoms with Crippen LogP contribution in [0.1, 0.15) is 22.4 Å². The highest BCUT2D eigenvalue weighted by Gasteiger charge is 2.07. The average molecular weight is 337 g/mol. The Bertz CT molecular complexity index is 1100. The van der Waals surface area contributed by atoms with Gasteiger partial charge in [0, 0.05) is 11.1 Å². The number of hydrogen-bond acceptors (Lipinski definition) is 2. The molecule has 0 amide bonds. The first-order chi connectivity index (χ1) is 12.7. The predicted octanol–water partition coefficient (Wildman–Crippen LogP) is 5.38. The van der Waals surface area contributed by atoms with Gasteiger partial charge in [0.05, 0.1) is 11.2 Å². The highest BCUT2D eigenvalue weighted by molar-refractivity contribution is 5.92. The SMILES string of the molecule is C=C(c1cccc(N)c1)c1ccc2c(/C=C/c3ccccc3)n[nH]c2c1. The van der Waals surface area contributed by atoms with Gasteiger partial charge in [-0.25, -0.2) is 0 Å². The van der Waals surface area contributed by atoms with E-state index in [0.717, 1.165) is 44.5 Å². The van der Waals surface area contributed by atoms with Gasteiger partial charge in [-0.3, -0.25) is 5.10 Å². The summed E-state index contributed by atoms with van der Waals surface area (Å²) in [5.74, 6) is 0. The van der Waals surface area contributed by atoms with Crippen LogP contribution in [0.25, 0.3) is 28.6 Å². The molecule has 3 N–H and O–H groups in total. The molecule has 0 bridgehead atoms. The monoisotopic (exact) mass is 337 g/mol. The minimum atomic E-state index is 0.736. The molecule has 126 valence electrons. The van der Waals surface area contributed by atoms with E-state index in [0.29, 0.717) is 0 Å². The highest BCUT2D eigenvalue weighted by atomic mass is 15.1. The van der Waals surface area contributed by atoms with Gasteiger partial charge in [0.15, 0.2) is 0 Å². The second-order valence-corrected chi connectivity index (χ2v) is 6.22. The van der Waals surface area contributed by atoms with Crippen LogP contribution in [0.4, 0.5) is 5.69 Å². The summed E-state index contributed by atoms with van der Waals surface area (Å²) in [4.78, 5) is 0. The number of nitrogens with one attached hydrogen (secondary N) is 1. The van der Waals surface area contributed by atoms with Crippen molar-refractivity contribution in [3.8, 4) is 0 Å². The van der Waals surface area contributed by atoms with Crippen molar-refractivity contribution in [2.45, 2.75) is 0 Å². The number of nitrogens with zero attached hydrogens (tertiary/aromatic N) is 1. The van der Waals surface area contributed by atoms with Gasteiger partial charge >= 0.3 is 0 Å². The van der Waals surface area contributed by atoms with Gasteiger partial charge in [-0.2, -0.15) is 5.10 Å². The summed E-state index contributed by atoms with van der Waals surface area (Å²) in [5, 5.41) is 8.64. The van der Waals surface area contributed by atoms with E-state index < -0.39 is 0 Å². The average Bonchev–Trinajstić information content (AvgIpc) is 3.09. The van der Waals surface area contributed by atoms with Gasteiger partial charge in [-0.15, -0.1) is 0 Å². The molecular formula is C23H19N3. The Morgan fingerprint density at radius 1 is 0.885 bits per heavy atom. The summed E-state index contributed by atoms with van der Waals surface area (Å²) in [7, 11) is 0. The first-order valence-electron chi connectivity index (χ1n) is 8.47. The van der Waals surface area contributed by atoms with Crippen LogP contribution in [0.5, 0.6) is 0 Å². The fourth-order valence-electron chi connectivity index (χ4n) is 2.99. The largest absolute Gasteiger partial charge is 0.399 e. The maximum absolute atomic E-state index is 5.88. The van der Waals surface area contributed by atoms with E-state index in [1.165, 1.54) is 0 Å². The maximum Gasteiger partial charge on any atom is 0.0927 e. The zero-order chi connectivity index (χ0) is 17.9. The number of nitrogen functional groups attached to an aromatic ring is 1. The zero-order valence-electron chi connectivity index (χ0n) is 14.3. The second-order valence-electron chi connectivity index (χ2n) is 6.22. The Balaban J connectivity index is 1.65. The van der Waals surface area contributed by atoms with E-state index in [-0.39, 0.29) is 0 Å². The van der Waals surface area contributed by atoms with Crippen molar-refractivity contribution in [3.63, 3.8) is 0 Å². The third-order valence-corrected chi connectivity index (χ3v) is 4.41. The lowest BCUT2D eigenvalue weighted by molar-refractivity contribution is 1.11. The van der Waals surface area contributed by atoms with Crippen LogP contribution in [0.3, 0.4) is 0 Å². The lowest BCUT2D eigenvalue weighted by Gasteiger charge is -2.07. The topological polar surface area (TPSA) is 54.7 Å². The highest BCUT2D eigenvalue weighted by Crippen LogP contribution is 2.27. The van der Waals surface area contributed by atoms with Gasteiger partial charge < -0.3 is 5.73 Å². The number of nitrogens with two attached hydrogens (primary N) is 1. The normalized spacial score (nSPS) is 11.2. The Morgan fingerprint density at radius 3 is 2.50 bits per heavy atom. The molecule has 0 aliphatic rings. The van der Waals surface area contributed by atoms with Crippen molar-refractivity contribution in [3.05, 3.63) is 102 Å². The predicted molar refractivity (Wildman–Crippen MR) is 110 cm³/mol. The zero-order valence-corrected chi connectivity index (χ0v) is 14.3. The summed E-state index contributed by atoms with van der Waals surface area (Å²) in [6.07, 6.45) is 4.09. The molecule has 1 heterocycles. The molecule has 3 aromatic carbocycles. The molecule has 0 saturated heterocycles. The van der Waals surface area contributed by atoms with Crippen LogP contribution in [0, 0.1) is 0 Å². The minimum Gasteiger partial charge on any atom is -0.399 e. The smallest absolute Gasteiger partial charge is 0.0927 e. The van der Waals surface area contributed by atoms with E-state index in [1.807, 2.05) is 48.5 Å². The van der Waals surface area contributed by atoms with Crippen LogP contribution < -0.4 is 5.73 Å². The van der Waals surface area contributed by atoms with Crippen molar-refractivity contribution >= 4 is 34.3 Å². The Hall–Kier alpha value is -3.59. The van der Waals surface area contributed by atoms with E-state index in [2.05, 4.69) is 53.2 Å². The van der Waals surface area contributed by atoms with Crippen molar-refractivity contribution in [2.24, 2.45) is 0 Å².